The van der Waals surface area contributed by atoms with Crippen LogP contribution in [0.5, 0.6) is 5.75 Å². The molecule has 0 amide bonds. The highest BCUT2D eigenvalue weighted by atomic mass is 32.2. The van der Waals surface area contributed by atoms with Gasteiger partial charge in [-0.2, -0.15) is 0 Å². The van der Waals surface area contributed by atoms with Gasteiger partial charge in [-0.1, -0.05) is 18.2 Å². The number of nitrogens with zero attached hydrogens (tertiary/aromatic N) is 2. The van der Waals surface area contributed by atoms with Crippen LogP contribution in [0.2, 0.25) is 0 Å². The number of ether oxygens (including phenoxy) is 1. The second-order valence-electron chi connectivity index (χ2n) is 7.73. The second kappa shape index (κ2) is 7.82. The van der Waals surface area contributed by atoms with E-state index in [-0.39, 0.29) is 10.9 Å². The third-order valence-corrected chi connectivity index (χ3v) is 7.38. The lowest BCUT2D eigenvalue weighted by molar-refractivity contribution is 0.206. The Hall–Kier alpha value is -2.35. The highest BCUT2D eigenvalue weighted by Gasteiger charge is 2.24. The molecule has 1 aliphatic heterocycles. The van der Waals surface area contributed by atoms with E-state index in [4.69, 9.17) is 10.5 Å². The lowest BCUT2D eigenvalue weighted by Crippen LogP contribution is -2.39. The zero-order valence-electron chi connectivity index (χ0n) is 16.8. The quantitative estimate of drug-likeness (QED) is 0.695. The number of rotatable bonds is 5. The summed E-state index contributed by atoms with van der Waals surface area (Å²) in [6, 6.07) is 13.2. The third-order valence-electron chi connectivity index (χ3n) is 5.67. The molecule has 0 saturated carbocycles. The number of aromatic nitrogens is 1. The van der Waals surface area contributed by atoms with Crippen molar-refractivity contribution in [2.75, 3.05) is 20.2 Å². The SMILES string of the molecule is COc1ccc(C)cc1S(=O)(=O)n1ccc2c(CN3CCC(N)CC3)cccc21. The van der Waals surface area contributed by atoms with Gasteiger partial charge in [0.05, 0.1) is 12.6 Å². The monoisotopic (exact) mass is 413 g/mol. The largest absolute Gasteiger partial charge is 0.495 e. The number of methoxy groups -OCH3 is 1. The van der Waals surface area contributed by atoms with Crippen molar-refractivity contribution in [3.05, 3.63) is 59.8 Å². The maximum Gasteiger partial charge on any atom is 0.271 e. The Morgan fingerprint density at radius 3 is 2.62 bits per heavy atom. The number of nitrogens with two attached hydrogens (primary N) is 1. The van der Waals surface area contributed by atoms with Crippen molar-refractivity contribution in [1.82, 2.24) is 8.87 Å². The van der Waals surface area contributed by atoms with Gasteiger partial charge < -0.3 is 10.5 Å². The van der Waals surface area contributed by atoms with Gasteiger partial charge in [-0.3, -0.25) is 4.90 Å². The van der Waals surface area contributed by atoms with Crippen LogP contribution >= 0.6 is 0 Å². The fourth-order valence-electron chi connectivity index (χ4n) is 4.00. The number of hydrogen-bond acceptors (Lipinski definition) is 5. The van der Waals surface area contributed by atoms with Crippen molar-refractivity contribution < 1.29 is 13.2 Å². The smallest absolute Gasteiger partial charge is 0.271 e. The Morgan fingerprint density at radius 2 is 1.90 bits per heavy atom. The van der Waals surface area contributed by atoms with E-state index in [9.17, 15) is 8.42 Å². The van der Waals surface area contributed by atoms with Gasteiger partial charge in [-0.15, -0.1) is 0 Å². The number of benzene rings is 2. The van der Waals surface area contributed by atoms with E-state index in [1.807, 2.05) is 31.2 Å². The molecule has 0 bridgehead atoms. The van der Waals surface area contributed by atoms with Gasteiger partial charge in [0.2, 0.25) is 0 Å². The van der Waals surface area contributed by atoms with Gasteiger partial charge in [0.25, 0.3) is 10.0 Å². The fraction of sp³-hybridized carbons (Fsp3) is 0.364. The highest BCUT2D eigenvalue weighted by molar-refractivity contribution is 7.90. The Balaban J connectivity index is 1.74. The standard InChI is InChI=1S/C22H27N3O3S/c1-16-6-7-21(28-2)22(14-16)29(26,27)25-13-10-19-17(4-3-5-20(19)25)15-24-11-8-18(23)9-12-24/h3-7,10,13-14,18H,8-9,11-12,15,23H2,1-2H3. The van der Waals surface area contributed by atoms with E-state index in [0.29, 0.717) is 11.3 Å². The van der Waals surface area contributed by atoms with Crippen LogP contribution in [0.3, 0.4) is 0 Å². The van der Waals surface area contributed by atoms with Crippen LogP contribution in [0.1, 0.15) is 24.0 Å². The molecule has 2 heterocycles. The summed E-state index contributed by atoms with van der Waals surface area (Å²) in [5.74, 6) is 0.346. The summed E-state index contributed by atoms with van der Waals surface area (Å²) in [6.07, 6.45) is 3.63. The van der Waals surface area contributed by atoms with E-state index in [1.54, 1.807) is 18.3 Å². The molecular formula is C22H27N3O3S. The molecule has 0 unspecified atom stereocenters. The number of hydrogen-bond donors (Lipinski definition) is 1. The normalized spacial score (nSPS) is 16.4. The molecule has 154 valence electrons. The van der Waals surface area contributed by atoms with Crippen LogP contribution in [-0.2, 0) is 16.6 Å². The van der Waals surface area contributed by atoms with E-state index >= 15 is 0 Å². The zero-order chi connectivity index (χ0) is 20.6. The molecule has 0 spiro atoms. The Morgan fingerprint density at radius 1 is 1.14 bits per heavy atom. The average Bonchev–Trinajstić information content (AvgIpc) is 3.16. The van der Waals surface area contributed by atoms with Gasteiger partial charge in [-0.05, 0) is 68.2 Å². The first-order chi connectivity index (χ1) is 13.9. The van der Waals surface area contributed by atoms with Crippen LogP contribution in [0.25, 0.3) is 10.9 Å². The first kappa shape index (κ1) is 19.9. The van der Waals surface area contributed by atoms with Gasteiger partial charge in [0.15, 0.2) is 0 Å². The van der Waals surface area contributed by atoms with Crippen LogP contribution in [0.15, 0.2) is 53.6 Å². The molecular weight excluding hydrogens is 386 g/mol. The minimum absolute atomic E-state index is 0.174. The molecule has 1 aliphatic rings. The maximum atomic E-state index is 13.4. The molecule has 4 rings (SSSR count). The van der Waals surface area contributed by atoms with Crippen molar-refractivity contribution in [2.24, 2.45) is 5.73 Å². The summed E-state index contributed by atoms with van der Waals surface area (Å²) in [7, 11) is -2.30. The van der Waals surface area contributed by atoms with Gasteiger partial charge in [0, 0.05) is 24.2 Å². The van der Waals surface area contributed by atoms with Crippen molar-refractivity contribution in [3.8, 4) is 5.75 Å². The lowest BCUT2D eigenvalue weighted by Gasteiger charge is -2.30. The predicted molar refractivity (Wildman–Crippen MR) is 115 cm³/mol. The zero-order valence-corrected chi connectivity index (χ0v) is 17.7. The van der Waals surface area contributed by atoms with Crippen LogP contribution in [0, 0.1) is 6.92 Å². The molecule has 1 aromatic heterocycles. The van der Waals surface area contributed by atoms with Crippen molar-refractivity contribution >= 4 is 20.9 Å². The topological polar surface area (TPSA) is 77.6 Å². The minimum Gasteiger partial charge on any atom is -0.495 e. The van der Waals surface area contributed by atoms with Gasteiger partial charge >= 0.3 is 0 Å². The molecule has 2 aromatic carbocycles. The first-order valence-corrected chi connectivity index (χ1v) is 11.3. The summed E-state index contributed by atoms with van der Waals surface area (Å²) in [4.78, 5) is 2.56. The first-order valence-electron chi connectivity index (χ1n) is 9.87. The summed E-state index contributed by atoms with van der Waals surface area (Å²) < 4.78 is 33.6. The molecule has 6 nitrogen and oxygen atoms in total. The van der Waals surface area contributed by atoms with Crippen LogP contribution in [0.4, 0.5) is 0 Å². The maximum absolute atomic E-state index is 13.4. The number of piperidine rings is 1. The van der Waals surface area contributed by atoms with Gasteiger partial charge in [-0.25, -0.2) is 12.4 Å². The highest BCUT2D eigenvalue weighted by Crippen LogP contribution is 2.31. The van der Waals surface area contributed by atoms with E-state index in [2.05, 4.69) is 11.0 Å². The molecule has 0 aliphatic carbocycles. The second-order valence-corrected chi connectivity index (χ2v) is 9.52. The number of likely N-dealkylation sites (tertiary alicyclic amines) is 1. The minimum atomic E-state index is -3.78. The van der Waals surface area contributed by atoms with Crippen LogP contribution < -0.4 is 10.5 Å². The molecule has 0 radical (unpaired) electrons. The number of fused-ring (bicyclic) bond motifs is 1. The molecule has 2 N–H and O–H groups in total. The summed E-state index contributed by atoms with van der Waals surface area (Å²) in [5.41, 5.74) is 8.69. The van der Waals surface area contributed by atoms with E-state index in [0.717, 1.165) is 49.0 Å². The molecule has 7 heteroatoms. The van der Waals surface area contributed by atoms with Crippen molar-refractivity contribution in [2.45, 2.75) is 37.2 Å². The Kier molecular flexibility index (Phi) is 5.38. The molecule has 1 saturated heterocycles. The Labute approximate surface area is 171 Å². The predicted octanol–water partition coefficient (Wildman–Crippen LogP) is 3.12. The average molecular weight is 414 g/mol. The lowest BCUT2D eigenvalue weighted by atomic mass is 10.0. The summed E-state index contributed by atoms with van der Waals surface area (Å²) >= 11 is 0. The Bertz CT molecular complexity index is 1130. The van der Waals surface area contributed by atoms with Gasteiger partial charge in [0.1, 0.15) is 10.6 Å². The van der Waals surface area contributed by atoms with E-state index in [1.165, 1.54) is 11.1 Å². The van der Waals surface area contributed by atoms with Crippen LogP contribution in [-0.4, -0.2) is 43.5 Å². The molecule has 0 atom stereocenters. The van der Waals surface area contributed by atoms with Crippen molar-refractivity contribution in [1.29, 1.82) is 0 Å². The number of aryl methyl sites for hydroxylation is 1. The molecule has 29 heavy (non-hydrogen) atoms. The third kappa shape index (κ3) is 3.77. The fourth-order valence-corrected chi connectivity index (χ4v) is 5.59. The van der Waals surface area contributed by atoms with Crippen molar-refractivity contribution in [3.63, 3.8) is 0 Å². The summed E-state index contributed by atoms with van der Waals surface area (Å²) in [5, 5.41) is 0.956. The molecule has 3 aromatic rings. The summed E-state index contributed by atoms with van der Waals surface area (Å²) in [6.45, 7) is 4.60. The molecule has 1 fully saturated rings. The van der Waals surface area contributed by atoms with E-state index < -0.39 is 10.0 Å².